The van der Waals surface area contributed by atoms with E-state index in [2.05, 4.69) is 21.1 Å². The number of thioether (sulfide) groups is 1. The molecule has 1 aliphatic heterocycles. The number of alkyl carbamates (subject to hydrolysis) is 1. The number of halogens is 1. The van der Waals surface area contributed by atoms with Gasteiger partial charge in [0.25, 0.3) is 0 Å². The minimum atomic E-state index is -0.998. The number of nitrogens with one attached hydrogen (secondary N) is 1. The van der Waals surface area contributed by atoms with E-state index in [1.807, 2.05) is 29.6 Å². The van der Waals surface area contributed by atoms with Crippen LogP contribution in [0, 0.1) is 17.9 Å². The first-order chi connectivity index (χ1) is 28.5. The van der Waals surface area contributed by atoms with Gasteiger partial charge in [-0.15, -0.1) is 11.3 Å². The van der Waals surface area contributed by atoms with Crippen LogP contribution >= 0.6 is 34.7 Å². The molecule has 1 N–H and O–H groups in total. The number of carbonyl (C=O) groups excluding carboxylic acids is 3. The van der Waals surface area contributed by atoms with E-state index >= 15 is 0 Å². The van der Waals surface area contributed by atoms with Gasteiger partial charge in [0, 0.05) is 46.8 Å². The molecule has 1 fully saturated rings. The van der Waals surface area contributed by atoms with Crippen molar-refractivity contribution in [1.29, 1.82) is 5.26 Å². The van der Waals surface area contributed by atoms with Gasteiger partial charge in [0.1, 0.15) is 58.1 Å². The van der Waals surface area contributed by atoms with Crippen LogP contribution in [0.2, 0.25) is 5.02 Å². The SMILES string of the molecule is [C-]#[N+]c1c(N2CCC2)nc(SCc2csc(-c3ccc(Cl)cc3)n2)c(C#N)c1-c1ccc(OCCOC(=O)[C@H](CCCCC(=O)OC(C)(C)C)NC(=O)OC(C)(C)C)cc1. The van der Waals surface area contributed by atoms with Crippen LogP contribution in [0.4, 0.5) is 16.3 Å². The molecule has 0 saturated carbocycles. The second-order valence-corrected chi connectivity index (χ2v) is 18.2. The molecule has 0 radical (unpaired) electrons. The fraction of sp³-hybridized carbons (Fsp3) is 0.432. The zero-order chi connectivity index (χ0) is 43.5. The molecule has 1 amide bonds. The highest BCUT2D eigenvalue weighted by molar-refractivity contribution is 7.98. The van der Waals surface area contributed by atoms with Crippen molar-refractivity contribution in [2.24, 2.45) is 0 Å². The van der Waals surface area contributed by atoms with Gasteiger partial charge in [0.15, 0.2) is 0 Å². The van der Waals surface area contributed by atoms with E-state index in [1.54, 1.807) is 65.8 Å². The first-order valence-corrected chi connectivity index (χ1v) is 21.8. The summed E-state index contributed by atoms with van der Waals surface area (Å²) in [6.45, 7) is 20.1. The smallest absolute Gasteiger partial charge is 0.408 e. The summed E-state index contributed by atoms with van der Waals surface area (Å²) in [5.41, 5.74) is 2.23. The number of esters is 2. The zero-order valence-corrected chi connectivity index (χ0v) is 37.0. The molecule has 316 valence electrons. The van der Waals surface area contributed by atoms with Gasteiger partial charge in [0.2, 0.25) is 5.69 Å². The summed E-state index contributed by atoms with van der Waals surface area (Å²) in [5.74, 6) is 0.518. The number of hydrogen-bond donors (Lipinski definition) is 1. The molecule has 60 heavy (non-hydrogen) atoms. The molecule has 16 heteroatoms. The third-order valence-electron chi connectivity index (χ3n) is 8.76. The van der Waals surface area contributed by atoms with Gasteiger partial charge < -0.3 is 29.2 Å². The summed E-state index contributed by atoms with van der Waals surface area (Å²) in [5, 5.41) is 17.1. The Bertz CT molecular complexity index is 2220. The van der Waals surface area contributed by atoms with Crippen molar-refractivity contribution in [3.8, 4) is 33.5 Å². The Morgan fingerprint density at radius 3 is 2.28 bits per heavy atom. The number of pyridine rings is 1. The minimum Gasteiger partial charge on any atom is -0.490 e. The van der Waals surface area contributed by atoms with Crippen molar-refractivity contribution in [3.05, 3.63) is 81.6 Å². The first kappa shape index (κ1) is 45.7. The van der Waals surface area contributed by atoms with Crippen LogP contribution < -0.4 is 15.0 Å². The lowest BCUT2D eigenvalue weighted by atomic mass is 9.99. The topological polar surface area (TPSA) is 157 Å². The highest BCUT2D eigenvalue weighted by Crippen LogP contribution is 2.45. The summed E-state index contributed by atoms with van der Waals surface area (Å²) < 4.78 is 22.1. The molecule has 0 unspecified atom stereocenters. The number of aromatic nitrogens is 2. The number of carbonyl (C=O) groups is 3. The quantitative estimate of drug-likeness (QED) is 0.0353. The predicted molar refractivity (Wildman–Crippen MR) is 234 cm³/mol. The number of benzene rings is 2. The minimum absolute atomic E-state index is 0.0190. The van der Waals surface area contributed by atoms with Crippen LogP contribution in [0.3, 0.4) is 0 Å². The van der Waals surface area contributed by atoms with Gasteiger partial charge in [-0.2, -0.15) is 5.26 Å². The third kappa shape index (κ3) is 13.3. The van der Waals surface area contributed by atoms with Crippen molar-refractivity contribution in [1.82, 2.24) is 15.3 Å². The Kier molecular flexibility index (Phi) is 15.8. The number of anilines is 1. The average molecular weight is 873 g/mol. The van der Waals surface area contributed by atoms with E-state index in [9.17, 15) is 19.6 Å². The highest BCUT2D eigenvalue weighted by atomic mass is 35.5. The summed E-state index contributed by atoms with van der Waals surface area (Å²) in [6, 6.07) is 15.9. The summed E-state index contributed by atoms with van der Waals surface area (Å²) in [6.07, 6.45) is 1.55. The molecule has 1 saturated heterocycles. The molecule has 3 heterocycles. The number of thiazole rings is 1. The molecule has 1 atom stereocenters. The first-order valence-electron chi connectivity index (χ1n) is 19.6. The van der Waals surface area contributed by atoms with Crippen molar-refractivity contribution < 1.29 is 33.3 Å². The van der Waals surface area contributed by atoms with Gasteiger partial charge in [-0.3, -0.25) is 4.79 Å². The molecular formula is C44H49ClN6O7S2. The monoisotopic (exact) mass is 872 g/mol. The molecule has 2 aromatic carbocycles. The van der Waals surface area contributed by atoms with Gasteiger partial charge in [-0.1, -0.05) is 54.0 Å². The standard InChI is InChI=1S/C44H49ClN6O7S2/c1-43(2,3)57-35(52)12-9-8-11-34(49-42(54)58-44(4,5)6)41(53)56-24-23-55-32-19-15-28(16-20-32)36-33(25-46)40(50-38(37(36)47-7)51-21-10-22-51)60-27-31-26-59-39(48-31)29-13-17-30(45)18-14-29/h13-20,26,34H,8-12,21-24,27H2,1-6H3,(H,49,54)/t34-/m0/s1. The molecule has 2 aromatic heterocycles. The van der Waals surface area contributed by atoms with E-state index < -0.39 is 29.3 Å². The predicted octanol–water partition coefficient (Wildman–Crippen LogP) is 10.2. The summed E-state index contributed by atoms with van der Waals surface area (Å²) >= 11 is 9.01. The Morgan fingerprint density at radius 2 is 1.67 bits per heavy atom. The van der Waals surface area contributed by atoms with Gasteiger partial charge in [-0.05, 0) is 90.6 Å². The maximum Gasteiger partial charge on any atom is 0.408 e. The van der Waals surface area contributed by atoms with Gasteiger partial charge in [-0.25, -0.2) is 24.4 Å². The van der Waals surface area contributed by atoms with E-state index in [0.29, 0.717) is 62.6 Å². The second kappa shape index (κ2) is 20.8. The van der Waals surface area contributed by atoms with Gasteiger partial charge >= 0.3 is 18.0 Å². The zero-order valence-electron chi connectivity index (χ0n) is 34.6. The van der Waals surface area contributed by atoms with Crippen LogP contribution in [-0.2, 0) is 29.6 Å². The fourth-order valence-electron chi connectivity index (χ4n) is 5.96. The summed E-state index contributed by atoms with van der Waals surface area (Å²) in [4.78, 5) is 53.4. The van der Waals surface area contributed by atoms with E-state index in [-0.39, 0.29) is 32.0 Å². The number of rotatable bonds is 17. The Labute approximate surface area is 364 Å². The lowest BCUT2D eigenvalue weighted by Gasteiger charge is -2.34. The van der Waals surface area contributed by atoms with Crippen molar-refractivity contribution in [3.63, 3.8) is 0 Å². The molecule has 1 aliphatic rings. The Balaban J connectivity index is 1.23. The largest absolute Gasteiger partial charge is 0.490 e. The molecule has 13 nitrogen and oxygen atoms in total. The average Bonchev–Trinajstić information content (AvgIpc) is 3.64. The maximum atomic E-state index is 13.1. The Morgan fingerprint density at radius 1 is 0.983 bits per heavy atom. The normalized spacial score (nSPS) is 13.0. The molecule has 0 spiro atoms. The van der Waals surface area contributed by atoms with Crippen molar-refractivity contribution in [2.75, 3.05) is 31.2 Å². The van der Waals surface area contributed by atoms with Crippen LogP contribution in [-0.4, -0.2) is 71.5 Å². The number of amides is 1. The van der Waals surface area contributed by atoms with Crippen molar-refractivity contribution in [2.45, 2.75) is 102 Å². The number of hydrogen-bond acceptors (Lipinski definition) is 13. The number of nitrogens with zero attached hydrogens (tertiary/aromatic N) is 5. The number of ether oxygens (including phenoxy) is 4. The maximum absolute atomic E-state index is 13.1. The number of nitriles is 1. The molecule has 4 aromatic rings. The number of unbranched alkanes of at least 4 members (excludes halogenated alkanes) is 1. The molecular weight excluding hydrogens is 824 g/mol. The van der Waals surface area contributed by atoms with E-state index in [0.717, 1.165) is 35.8 Å². The summed E-state index contributed by atoms with van der Waals surface area (Å²) in [7, 11) is 0. The van der Waals surface area contributed by atoms with Crippen LogP contribution in [0.1, 0.15) is 84.9 Å². The fourth-order valence-corrected chi connectivity index (χ4v) is 7.89. The molecule has 0 bridgehead atoms. The van der Waals surface area contributed by atoms with Crippen LogP contribution in [0.25, 0.3) is 26.5 Å². The highest BCUT2D eigenvalue weighted by Gasteiger charge is 2.28. The van der Waals surface area contributed by atoms with Crippen molar-refractivity contribution >= 4 is 64.2 Å². The lowest BCUT2D eigenvalue weighted by Crippen LogP contribution is -2.44. The third-order valence-corrected chi connectivity index (χ3v) is 11.0. The Hall–Kier alpha value is -5.35. The van der Waals surface area contributed by atoms with Gasteiger partial charge in [0.05, 0.1) is 17.8 Å². The molecule has 0 aliphatic carbocycles. The van der Waals surface area contributed by atoms with Crippen LogP contribution in [0.5, 0.6) is 5.75 Å². The van der Waals surface area contributed by atoms with E-state index in [1.165, 1.54) is 23.1 Å². The van der Waals surface area contributed by atoms with Crippen LogP contribution in [0.15, 0.2) is 58.9 Å². The second-order valence-electron chi connectivity index (χ2n) is 15.9. The lowest BCUT2D eigenvalue weighted by molar-refractivity contribution is -0.154. The molecule has 5 rings (SSSR count). The van der Waals surface area contributed by atoms with E-state index in [4.69, 9.17) is 47.1 Å².